The van der Waals surface area contributed by atoms with Gasteiger partial charge in [-0.05, 0) is 19.2 Å². The van der Waals surface area contributed by atoms with Crippen LogP contribution in [0.25, 0.3) is 0 Å². The van der Waals surface area contributed by atoms with Crippen molar-refractivity contribution in [2.24, 2.45) is 0 Å². The Morgan fingerprint density at radius 1 is 1.42 bits per heavy atom. The number of carbonyl (C=O) groups excluding carboxylic acids is 1. The molecule has 1 rings (SSSR count). The molecule has 1 amide bonds. The van der Waals surface area contributed by atoms with Crippen molar-refractivity contribution in [3.63, 3.8) is 0 Å². The van der Waals surface area contributed by atoms with Gasteiger partial charge < -0.3 is 5.32 Å². The number of aromatic nitrogens is 1. The summed E-state index contributed by atoms with van der Waals surface area (Å²) >= 11 is 0. The van der Waals surface area contributed by atoms with Crippen LogP contribution in [0, 0.1) is 0 Å². The first-order valence-electron chi connectivity index (χ1n) is 3.90. The van der Waals surface area contributed by atoms with Crippen molar-refractivity contribution in [3.8, 4) is 0 Å². The monoisotopic (exact) mass is 167 g/mol. The number of nitrogens with zero attached hydrogens (tertiary/aromatic N) is 1. The lowest BCUT2D eigenvalue weighted by atomic mass is 10.4. The molecule has 4 nitrogen and oxygen atoms in total. The lowest BCUT2D eigenvalue weighted by Gasteiger charge is -2.04. The van der Waals surface area contributed by atoms with E-state index in [1.807, 2.05) is 19.2 Å². The Morgan fingerprint density at radius 3 is 2.67 bits per heavy atom. The number of carbonyl (C=O) groups is 1. The van der Waals surface area contributed by atoms with Crippen LogP contribution in [0.2, 0.25) is 0 Å². The average molecular weight is 167 g/mol. The van der Waals surface area contributed by atoms with Gasteiger partial charge >= 0.3 is 0 Å². The molecule has 0 fully saturated rings. The van der Waals surface area contributed by atoms with Gasteiger partial charge in [0.05, 0.1) is 0 Å². The van der Waals surface area contributed by atoms with E-state index in [4.69, 9.17) is 0 Å². The third-order valence-corrected chi connectivity index (χ3v) is 1.46. The van der Waals surface area contributed by atoms with E-state index in [9.17, 15) is 4.79 Å². The molecule has 1 heterocycles. The maximum Gasteiger partial charge on any atom is 0.240 e. The lowest BCUT2D eigenvalue weighted by Crippen LogP contribution is -2.24. The average Bonchev–Trinajstić information content (AvgIpc) is 2.53. The summed E-state index contributed by atoms with van der Waals surface area (Å²) in [5, 5.41) is 2.91. The Morgan fingerprint density at radius 2 is 2.08 bits per heavy atom. The van der Waals surface area contributed by atoms with Crippen molar-refractivity contribution in [1.29, 1.82) is 0 Å². The van der Waals surface area contributed by atoms with E-state index in [0.29, 0.717) is 13.0 Å². The second-order valence-electron chi connectivity index (χ2n) is 2.48. The first-order valence-corrected chi connectivity index (χ1v) is 3.90. The summed E-state index contributed by atoms with van der Waals surface area (Å²) in [6, 6.07) is 3.72. The van der Waals surface area contributed by atoms with E-state index in [1.165, 1.54) is 0 Å². The fourth-order valence-electron chi connectivity index (χ4n) is 0.847. The van der Waals surface area contributed by atoms with E-state index < -0.39 is 0 Å². The SMILES string of the molecule is CNCCC(=O)Nn1cccc1. The number of hydrogen-bond donors (Lipinski definition) is 2. The van der Waals surface area contributed by atoms with Crippen LogP contribution in [-0.4, -0.2) is 24.2 Å². The van der Waals surface area contributed by atoms with Gasteiger partial charge in [-0.15, -0.1) is 0 Å². The highest BCUT2D eigenvalue weighted by Gasteiger charge is 1.98. The Hall–Kier alpha value is -1.29. The van der Waals surface area contributed by atoms with Crippen molar-refractivity contribution in [3.05, 3.63) is 24.5 Å². The van der Waals surface area contributed by atoms with Crippen LogP contribution in [0.3, 0.4) is 0 Å². The van der Waals surface area contributed by atoms with E-state index in [0.717, 1.165) is 0 Å². The molecule has 0 bridgehead atoms. The lowest BCUT2D eigenvalue weighted by molar-refractivity contribution is -0.117. The minimum atomic E-state index is 0.0144. The first-order chi connectivity index (χ1) is 5.83. The van der Waals surface area contributed by atoms with Gasteiger partial charge in [-0.3, -0.25) is 14.9 Å². The minimum absolute atomic E-state index is 0.0144. The molecule has 1 aromatic rings. The smallest absolute Gasteiger partial charge is 0.240 e. The maximum atomic E-state index is 11.1. The second kappa shape index (κ2) is 4.56. The van der Waals surface area contributed by atoms with Crippen LogP contribution in [0.4, 0.5) is 0 Å². The Labute approximate surface area is 71.5 Å². The summed E-state index contributed by atoms with van der Waals surface area (Å²) in [4.78, 5) is 11.1. The molecule has 0 radical (unpaired) electrons. The highest BCUT2D eigenvalue weighted by Crippen LogP contribution is 1.86. The zero-order chi connectivity index (χ0) is 8.81. The molecule has 0 spiro atoms. The standard InChI is InChI=1S/C8H13N3O/c1-9-5-4-8(12)10-11-6-2-3-7-11/h2-3,6-7,9H,4-5H2,1H3,(H,10,12). The van der Waals surface area contributed by atoms with Gasteiger partial charge in [-0.2, -0.15) is 0 Å². The normalized spacial score (nSPS) is 9.75. The molecule has 0 aromatic carbocycles. The topological polar surface area (TPSA) is 46.1 Å². The molecule has 0 saturated carbocycles. The molecule has 66 valence electrons. The van der Waals surface area contributed by atoms with Gasteiger partial charge in [0.25, 0.3) is 0 Å². The predicted octanol–water partition coefficient (Wildman–Crippen LogP) is 0.168. The number of nitrogens with one attached hydrogen (secondary N) is 2. The summed E-state index contributed by atoms with van der Waals surface area (Å²) in [6.07, 6.45) is 4.07. The summed E-state index contributed by atoms with van der Waals surface area (Å²) in [6.45, 7) is 0.701. The molecule has 0 atom stereocenters. The molecule has 0 aliphatic carbocycles. The van der Waals surface area contributed by atoms with Crippen molar-refractivity contribution in [2.45, 2.75) is 6.42 Å². The fraction of sp³-hybridized carbons (Fsp3) is 0.375. The molecule has 0 saturated heterocycles. The van der Waals surface area contributed by atoms with Crippen LogP contribution in [0.5, 0.6) is 0 Å². The molecule has 2 N–H and O–H groups in total. The fourth-order valence-corrected chi connectivity index (χ4v) is 0.847. The molecular formula is C8H13N3O. The van der Waals surface area contributed by atoms with Crippen LogP contribution in [-0.2, 0) is 4.79 Å². The van der Waals surface area contributed by atoms with Gasteiger partial charge in [0.1, 0.15) is 0 Å². The zero-order valence-electron chi connectivity index (χ0n) is 7.08. The van der Waals surface area contributed by atoms with Crippen LogP contribution < -0.4 is 10.7 Å². The van der Waals surface area contributed by atoms with Crippen LogP contribution >= 0.6 is 0 Å². The number of hydrogen-bond acceptors (Lipinski definition) is 2. The van der Waals surface area contributed by atoms with E-state index in [-0.39, 0.29) is 5.91 Å². The van der Waals surface area contributed by atoms with Crippen molar-refractivity contribution >= 4 is 5.91 Å². The van der Waals surface area contributed by atoms with Crippen LogP contribution in [0.15, 0.2) is 24.5 Å². The van der Waals surface area contributed by atoms with E-state index in [2.05, 4.69) is 10.7 Å². The van der Waals surface area contributed by atoms with Gasteiger partial charge in [0.2, 0.25) is 5.91 Å². The van der Waals surface area contributed by atoms with Gasteiger partial charge in [0, 0.05) is 25.4 Å². The van der Waals surface area contributed by atoms with E-state index >= 15 is 0 Å². The summed E-state index contributed by atoms with van der Waals surface area (Å²) in [7, 11) is 1.82. The second-order valence-corrected chi connectivity index (χ2v) is 2.48. The molecule has 1 aromatic heterocycles. The van der Waals surface area contributed by atoms with Crippen molar-refractivity contribution in [2.75, 3.05) is 19.0 Å². The number of rotatable bonds is 4. The Balaban J connectivity index is 2.27. The Bertz CT molecular complexity index is 230. The first kappa shape index (κ1) is 8.80. The van der Waals surface area contributed by atoms with Crippen LogP contribution in [0.1, 0.15) is 6.42 Å². The maximum absolute atomic E-state index is 11.1. The van der Waals surface area contributed by atoms with Crippen molar-refractivity contribution in [1.82, 2.24) is 9.99 Å². The molecule has 0 unspecified atom stereocenters. The summed E-state index contributed by atoms with van der Waals surface area (Å²) in [5.41, 5.74) is 2.69. The largest absolute Gasteiger partial charge is 0.319 e. The van der Waals surface area contributed by atoms with Gasteiger partial charge in [0.15, 0.2) is 0 Å². The Kier molecular flexibility index (Phi) is 3.35. The molecule has 12 heavy (non-hydrogen) atoms. The van der Waals surface area contributed by atoms with Gasteiger partial charge in [-0.1, -0.05) is 0 Å². The van der Waals surface area contributed by atoms with Gasteiger partial charge in [-0.25, -0.2) is 0 Å². The molecule has 0 aliphatic rings. The summed E-state index contributed by atoms with van der Waals surface area (Å²) in [5.74, 6) is 0.0144. The summed E-state index contributed by atoms with van der Waals surface area (Å²) < 4.78 is 1.64. The molecule has 0 aliphatic heterocycles. The third-order valence-electron chi connectivity index (χ3n) is 1.46. The predicted molar refractivity (Wildman–Crippen MR) is 47.3 cm³/mol. The third kappa shape index (κ3) is 2.75. The zero-order valence-corrected chi connectivity index (χ0v) is 7.08. The molecule has 4 heteroatoms. The highest BCUT2D eigenvalue weighted by atomic mass is 16.2. The highest BCUT2D eigenvalue weighted by molar-refractivity contribution is 5.83. The quantitative estimate of drug-likeness (QED) is 0.671. The van der Waals surface area contributed by atoms with Crippen molar-refractivity contribution < 1.29 is 4.79 Å². The number of amides is 1. The molecular weight excluding hydrogens is 154 g/mol. The van der Waals surface area contributed by atoms with E-state index in [1.54, 1.807) is 17.1 Å². The minimum Gasteiger partial charge on any atom is -0.319 e.